The number of nitrogen functional groups attached to an aromatic ring is 1. The minimum Gasteiger partial charge on any atom is -0.396 e. The Kier molecular flexibility index (Phi) is 4.83. The molecule has 2 aromatic rings. The summed E-state index contributed by atoms with van der Waals surface area (Å²) in [7, 11) is 0. The van der Waals surface area contributed by atoms with Crippen LogP contribution >= 0.6 is 0 Å². The number of nitrogens with zero attached hydrogens (tertiary/aromatic N) is 2. The fourth-order valence-corrected chi connectivity index (χ4v) is 2.70. The van der Waals surface area contributed by atoms with E-state index < -0.39 is 11.7 Å². The van der Waals surface area contributed by atoms with Crippen LogP contribution in [-0.4, -0.2) is 24.0 Å². The van der Waals surface area contributed by atoms with Gasteiger partial charge in [0, 0.05) is 30.5 Å². The highest BCUT2D eigenvalue weighted by molar-refractivity contribution is 6.04. The molecule has 1 aliphatic heterocycles. The molecule has 3 rings (SSSR count). The van der Waals surface area contributed by atoms with Crippen molar-refractivity contribution >= 4 is 23.1 Å². The van der Waals surface area contributed by atoms with Crippen LogP contribution in [0.1, 0.15) is 12.0 Å². The maximum atomic E-state index is 12.6. The highest BCUT2D eigenvalue weighted by Crippen LogP contribution is 2.30. The van der Waals surface area contributed by atoms with Crippen molar-refractivity contribution in [2.24, 2.45) is 0 Å². The van der Waals surface area contributed by atoms with Crippen molar-refractivity contribution in [3.8, 4) is 0 Å². The molecule has 1 aromatic carbocycles. The van der Waals surface area contributed by atoms with Crippen molar-refractivity contribution in [2.45, 2.75) is 12.6 Å². The lowest BCUT2D eigenvalue weighted by Gasteiger charge is -2.27. The maximum absolute atomic E-state index is 12.6. The lowest BCUT2D eigenvalue weighted by molar-refractivity contribution is -0.137. The monoisotopic (exact) mass is 362 g/mol. The molecule has 0 saturated carbocycles. The molecule has 2 heterocycles. The Morgan fingerprint density at radius 2 is 1.92 bits per heavy atom. The third-order valence-corrected chi connectivity index (χ3v) is 4.09. The molecule has 0 spiro atoms. The predicted molar refractivity (Wildman–Crippen MR) is 93.6 cm³/mol. The highest BCUT2D eigenvalue weighted by Gasteiger charge is 2.30. The van der Waals surface area contributed by atoms with Crippen LogP contribution in [0, 0.1) is 0 Å². The standard InChI is InChI=1S/C18H17F3N4O/c19-18(20,21)13-3-5-14(6-4-13)24-17(26)12-7-10-25(11-8-12)16-15(22)2-1-9-23-16/h1-7,9H,8,10-11,22H2,(H,24,26). The summed E-state index contributed by atoms with van der Waals surface area (Å²) in [5.74, 6) is 0.351. The first kappa shape index (κ1) is 17.8. The van der Waals surface area contributed by atoms with Gasteiger partial charge in [-0.25, -0.2) is 4.98 Å². The number of hydrogen-bond donors (Lipinski definition) is 2. The number of halogens is 3. The summed E-state index contributed by atoms with van der Waals surface area (Å²) < 4.78 is 37.7. The number of carbonyl (C=O) groups is 1. The average molecular weight is 362 g/mol. The van der Waals surface area contributed by atoms with Gasteiger partial charge in [-0.15, -0.1) is 0 Å². The van der Waals surface area contributed by atoms with Gasteiger partial charge in [0.05, 0.1) is 11.3 Å². The van der Waals surface area contributed by atoms with Gasteiger partial charge in [0.1, 0.15) is 0 Å². The number of aromatic nitrogens is 1. The summed E-state index contributed by atoms with van der Waals surface area (Å²) in [6, 6.07) is 7.88. The number of nitrogens with one attached hydrogen (secondary N) is 1. The van der Waals surface area contributed by atoms with Crippen LogP contribution in [0.15, 0.2) is 54.2 Å². The normalized spacial score (nSPS) is 14.7. The third-order valence-electron chi connectivity index (χ3n) is 4.09. The summed E-state index contributed by atoms with van der Waals surface area (Å²) >= 11 is 0. The van der Waals surface area contributed by atoms with Gasteiger partial charge in [-0.3, -0.25) is 4.79 Å². The van der Waals surface area contributed by atoms with Crippen LogP contribution < -0.4 is 16.0 Å². The summed E-state index contributed by atoms with van der Waals surface area (Å²) in [6.45, 7) is 1.06. The van der Waals surface area contributed by atoms with E-state index in [0.717, 1.165) is 12.1 Å². The first-order valence-corrected chi connectivity index (χ1v) is 7.97. The Balaban J connectivity index is 1.63. The van der Waals surface area contributed by atoms with E-state index in [1.165, 1.54) is 12.1 Å². The van der Waals surface area contributed by atoms with E-state index in [-0.39, 0.29) is 5.91 Å². The van der Waals surface area contributed by atoms with Crippen LogP contribution in [-0.2, 0) is 11.0 Å². The van der Waals surface area contributed by atoms with E-state index in [1.54, 1.807) is 24.4 Å². The number of nitrogens with two attached hydrogens (primary N) is 1. The molecule has 0 atom stereocenters. The zero-order valence-corrected chi connectivity index (χ0v) is 13.8. The van der Waals surface area contributed by atoms with E-state index in [2.05, 4.69) is 10.3 Å². The van der Waals surface area contributed by atoms with Crippen LogP contribution in [0.2, 0.25) is 0 Å². The lowest BCUT2D eigenvalue weighted by Crippen LogP contribution is -2.32. The Morgan fingerprint density at radius 3 is 2.50 bits per heavy atom. The van der Waals surface area contributed by atoms with Crippen LogP contribution in [0.5, 0.6) is 0 Å². The molecular weight excluding hydrogens is 345 g/mol. The first-order valence-electron chi connectivity index (χ1n) is 7.97. The quantitative estimate of drug-likeness (QED) is 0.877. The van der Waals surface area contributed by atoms with Crippen molar-refractivity contribution in [3.63, 3.8) is 0 Å². The van der Waals surface area contributed by atoms with Crippen molar-refractivity contribution in [1.82, 2.24) is 4.98 Å². The van der Waals surface area contributed by atoms with Crippen molar-refractivity contribution < 1.29 is 18.0 Å². The van der Waals surface area contributed by atoms with E-state index >= 15 is 0 Å². The summed E-state index contributed by atoms with van der Waals surface area (Å²) in [5, 5.41) is 2.62. The van der Waals surface area contributed by atoms with Gasteiger partial charge >= 0.3 is 6.18 Å². The van der Waals surface area contributed by atoms with Crippen LogP contribution in [0.3, 0.4) is 0 Å². The molecule has 3 N–H and O–H groups in total. The Bertz CT molecular complexity index is 831. The number of hydrogen-bond acceptors (Lipinski definition) is 4. The summed E-state index contributed by atoms with van der Waals surface area (Å²) in [4.78, 5) is 18.5. The van der Waals surface area contributed by atoms with Gasteiger partial charge < -0.3 is 16.0 Å². The molecular formula is C18H17F3N4O. The molecule has 1 aliphatic rings. The van der Waals surface area contributed by atoms with Gasteiger partial charge in [0.15, 0.2) is 5.82 Å². The summed E-state index contributed by atoms with van der Waals surface area (Å²) in [5.41, 5.74) is 6.62. The second-order valence-corrected chi connectivity index (χ2v) is 5.87. The Hall–Kier alpha value is -3.03. The average Bonchev–Trinajstić information content (AvgIpc) is 2.62. The van der Waals surface area contributed by atoms with Crippen molar-refractivity contribution in [2.75, 3.05) is 29.0 Å². The van der Waals surface area contributed by atoms with Gasteiger partial charge in [0.2, 0.25) is 0 Å². The number of alkyl halides is 3. The fourth-order valence-electron chi connectivity index (χ4n) is 2.70. The molecule has 0 unspecified atom stereocenters. The maximum Gasteiger partial charge on any atom is 0.416 e. The molecule has 1 aromatic heterocycles. The van der Waals surface area contributed by atoms with Crippen LogP contribution in [0.25, 0.3) is 0 Å². The lowest BCUT2D eigenvalue weighted by atomic mass is 10.1. The minimum absolute atomic E-state index is 0.320. The second-order valence-electron chi connectivity index (χ2n) is 5.87. The molecule has 5 nitrogen and oxygen atoms in total. The molecule has 0 fully saturated rings. The molecule has 1 amide bonds. The SMILES string of the molecule is Nc1cccnc1N1CC=C(C(=O)Nc2ccc(C(F)(F)F)cc2)CC1. The predicted octanol–water partition coefficient (Wildman–Crippen LogP) is 3.46. The zero-order valence-electron chi connectivity index (χ0n) is 13.8. The molecule has 8 heteroatoms. The number of rotatable bonds is 3. The summed E-state index contributed by atoms with van der Waals surface area (Å²) in [6.07, 6.45) is -0.479. The first-order chi connectivity index (χ1) is 12.3. The van der Waals surface area contributed by atoms with E-state index in [9.17, 15) is 18.0 Å². The topological polar surface area (TPSA) is 71.2 Å². The number of benzene rings is 1. The molecule has 136 valence electrons. The minimum atomic E-state index is -4.40. The number of pyridine rings is 1. The Labute approximate surface area is 148 Å². The molecule has 0 saturated heterocycles. The molecule has 0 aliphatic carbocycles. The van der Waals surface area contributed by atoms with E-state index in [4.69, 9.17) is 5.73 Å². The fraction of sp³-hybridized carbons (Fsp3) is 0.222. The molecule has 0 radical (unpaired) electrons. The zero-order chi connectivity index (χ0) is 18.7. The Morgan fingerprint density at radius 1 is 1.19 bits per heavy atom. The molecule has 26 heavy (non-hydrogen) atoms. The molecule has 0 bridgehead atoms. The smallest absolute Gasteiger partial charge is 0.396 e. The van der Waals surface area contributed by atoms with E-state index in [1.807, 2.05) is 4.90 Å². The second kappa shape index (κ2) is 7.07. The highest BCUT2D eigenvalue weighted by atomic mass is 19.4. The number of carbonyl (C=O) groups excluding carboxylic acids is 1. The van der Waals surface area contributed by atoms with Gasteiger partial charge in [-0.05, 0) is 42.8 Å². The number of anilines is 3. The van der Waals surface area contributed by atoms with Gasteiger partial charge in [-0.2, -0.15) is 13.2 Å². The van der Waals surface area contributed by atoms with E-state index in [0.29, 0.717) is 42.3 Å². The largest absolute Gasteiger partial charge is 0.416 e. The van der Waals surface area contributed by atoms with Gasteiger partial charge in [0.25, 0.3) is 5.91 Å². The van der Waals surface area contributed by atoms with Crippen molar-refractivity contribution in [3.05, 3.63) is 59.8 Å². The number of amides is 1. The third kappa shape index (κ3) is 3.96. The van der Waals surface area contributed by atoms with Crippen molar-refractivity contribution in [1.29, 1.82) is 0 Å². The van der Waals surface area contributed by atoms with Crippen LogP contribution in [0.4, 0.5) is 30.4 Å². The van der Waals surface area contributed by atoms with Gasteiger partial charge in [-0.1, -0.05) is 6.08 Å².